The van der Waals surface area contributed by atoms with Crippen molar-refractivity contribution in [1.29, 1.82) is 0 Å². The van der Waals surface area contributed by atoms with Crippen LogP contribution in [0.5, 0.6) is 0 Å². The van der Waals surface area contributed by atoms with Crippen molar-refractivity contribution in [3.05, 3.63) is 104 Å². The van der Waals surface area contributed by atoms with E-state index in [0.29, 0.717) is 42.3 Å². The van der Waals surface area contributed by atoms with Gasteiger partial charge in [-0.15, -0.1) is 11.3 Å². The van der Waals surface area contributed by atoms with Gasteiger partial charge in [-0.2, -0.15) is 26.3 Å². The van der Waals surface area contributed by atoms with Crippen molar-refractivity contribution in [2.75, 3.05) is 0 Å². The summed E-state index contributed by atoms with van der Waals surface area (Å²) in [5.74, 6) is 0. The van der Waals surface area contributed by atoms with Crippen molar-refractivity contribution in [2.45, 2.75) is 12.4 Å². The topological polar surface area (TPSA) is 25.8 Å². The van der Waals surface area contributed by atoms with E-state index in [1.54, 1.807) is 24.3 Å². The zero-order chi connectivity index (χ0) is 24.8. The van der Waals surface area contributed by atoms with Gasteiger partial charge in [-0.05, 0) is 59.7 Å². The molecule has 5 rings (SSSR count). The highest BCUT2D eigenvalue weighted by Gasteiger charge is 2.30. The van der Waals surface area contributed by atoms with Gasteiger partial charge in [-0.25, -0.2) is 9.97 Å². The van der Waals surface area contributed by atoms with Gasteiger partial charge >= 0.3 is 12.4 Å². The first-order valence-corrected chi connectivity index (χ1v) is 11.1. The fourth-order valence-electron chi connectivity index (χ4n) is 3.59. The zero-order valence-corrected chi connectivity index (χ0v) is 18.5. The van der Waals surface area contributed by atoms with Gasteiger partial charge in [-0.1, -0.05) is 36.4 Å². The maximum atomic E-state index is 12.9. The standard InChI is InChI=1S/C26H14F6N2S/c27-25(28,29)17-9-5-15(6-10-17)13-21-23-24(34-20-4-2-1-3-19(20)33-23)22(35-21)14-16-7-11-18(12-8-16)26(30,31)32/h1-14H/b21-13-,22-14-. The van der Waals surface area contributed by atoms with Gasteiger partial charge in [0.1, 0.15) is 11.0 Å². The molecule has 0 N–H and O–H groups in total. The molecule has 176 valence electrons. The molecule has 5 aromatic rings. The lowest BCUT2D eigenvalue weighted by Gasteiger charge is -2.05. The Morgan fingerprint density at radius 2 is 0.914 bits per heavy atom. The Balaban J connectivity index is 1.69. The van der Waals surface area contributed by atoms with Crippen molar-refractivity contribution in [2.24, 2.45) is 0 Å². The molecule has 0 spiro atoms. The molecule has 0 aliphatic rings. The Hall–Kier alpha value is -3.72. The summed E-state index contributed by atoms with van der Waals surface area (Å²) in [5, 5.41) is 0. The molecule has 0 amide bonds. The van der Waals surface area contributed by atoms with Crippen LogP contribution in [0.15, 0.2) is 72.8 Å². The molecule has 3 aromatic carbocycles. The van der Waals surface area contributed by atoms with E-state index in [1.807, 2.05) is 12.1 Å². The number of fused-ring (bicyclic) bond motifs is 2. The Bertz CT molecular complexity index is 1530. The summed E-state index contributed by atoms with van der Waals surface area (Å²) < 4.78 is 78.8. The van der Waals surface area contributed by atoms with Gasteiger partial charge in [0, 0.05) is 0 Å². The molecule has 0 saturated heterocycles. The molecule has 2 heterocycles. The highest BCUT2D eigenvalue weighted by molar-refractivity contribution is 7.09. The normalized spacial score (nSPS) is 13.8. The fourth-order valence-corrected chi connectivity index (χ4v) is 4.70. The van der Waals surface area contributed by atoms with Crippen LogP contribution in [0.25, 0.3) is 34.2 Å². The lowest BCUT2D eigenvalue weighted by Crippen LogP contribution is -2.04. The summed E-state index contributed by atoms with van der Waals surface area (Å²) in [6, 6.07) is 16.8. The second kappa shape index (κ2) is 8.49. The van der Waals surface area contributed by atoms with Crippen molar-refractivity contribution >= 4 is 45.6 Å². The zero-order valence-electron chi connectivity index (χ0n) is 17.7. The third kappa shape index (κ3) is 4.77. The molecule has 0 atom stereocenters. The van der Waals surface area contributed by atoms with Crippen LogP contribution in [0.4, 0.5) is 26.3 Å². The van der Waals surface area contributed by atoms with Crippen molar-refractivity contribution < 1.29 is 26.3 Å². The van der Waals surface area contributed by atoms with Gasteiger partial charge in [0.2, 0.25) is 0 Å². The minimum absolute atomic E-state index is 0.553. The smallest absolute Gasteiger partial charge is 0.243 e. The van der Waals surface area contributed by atoms with E-state index >= 15 is 0 Å². The van der Waals surface area contributed by atoms with Gasteiger partial charge < -0.3 is 0 Å². The number of rotatable bonds is 2. The number of thiophene rings is 1. The van der Waals surface area contributed by atoms with Crippen LogP contribution in [-0.4, -0.2) is 9.97 Å². The van der Waals surface area contributed by atoms with Crippen molar-refractivity contribution in [1.82, 2.24) is 9.97 Å². The molecule has 9 heteroatoms. The Labute approximate surface area is 198 Å². The van der Waals surface area contributed by atoms with Crippen LogP contribution < -0.4 is 9.06 Å². The Morgan fingerprint density at radius 1 is 0.543 bits per heavy atom. The van der Waals surface area contributed by atoms with Crippen LogP contribution in [0, 0.1) is 0 Å². The molecule has 0 aliphatic heterocycles. The summed E-state index contributed by atoms with van der Waals surface area (Å²) in [4.78, 5) is 9.41. The number of nitrogens with zero attached hydrogens (tertiary/aromatic N) is 2. The third-order valence-corrected chi connectivity index (χ3v) is 6.39. The number of halogens is 6. The van der Waals surface area contributed by atoms with E-state index in [9.17, 15) is 26.3 Å². The van der Waals surface area contributed by atoms with Crippen LogP contribution in [0.2, 0.25) is 0 Å². The molecule has 2 nitrogen and oxygen atoms in total. The maximum absolute atomic E-state index is 12.9. The second-order valence-corrected chi connectivity index (χ2v) is 8.85. The minimum Gasteiger partial charge on any atom is -0.243 e. The van der Waals surface area contributed by atoms with Gasteiger partial charge in [0.05, 0.1) is 31.2 Å². The predicted molar refractivity (Wildman–Crippen MR) is 124 cm³/mol. The van der Waals surface area contributed by atoms with Crippen molar-refractivity contribution in [3.63, 3.8) is 0 Å². The Morgan fingerprint density at radius 3 is 1.26 bits per heavy atom. The lowest BCUT2D eigenvalue weighted by molar-refractivity contribution is -0.138. The molecule has 35 heavy (non-hydrogen) atoms. The highest BCUT2D eigenvalue weighted by Crippen LogP contribution is 2.30. The summed E-state index contributed by atoms with van der Waals surface area (Å²) in [5.41, 5.74) is 2.05. The van der Waals surface area contributed by atoms with E-state index < -0.39 is 23.5 Å². The van der Waals surface area contributed by atoms with Gasteiger partial charge in [0.15, 0.2) is 0 Å². The van der Waals surface area contributed by atoms with Crippen LogP contribution in [0.1, 0.15) is 22.3 Å². The van der Waals surface area contributed by atoms with Crippen LogP contribution in [0.3, 0.4) is 0 Å². The lowest BCUT2D eigenvalue weighted by atomic mass is 10.1. The minimum atomic E-state index is -4.43. The third-order valence-electron chi connectivity index (χ3n) is 5.33. The molecule has 0 aliphatic carbocycles. The molecule has 0 bridgehead atoms. The summed E-state index contributed by atoms with van der Waals surface area (Å²) in [6.07, 6.45) is -5.41. The average molecular weight is 500 g/mol. The van der Waals surface area contributed by atoms with E-state index in [-0.39, 0.29) is 0 Å². The van der Waals surface area contributed by atoms with Crippen LogP contribution in [-0.2, 0) is 12.4 Å². The summed E-state index contributed by atoms with van der Waals surface area (Å²) in [7, 11) is 0. The van der Waals surface area contributed by atoms with Crippen molar-refractivity contribution in [3.8, 4) is 0 Å². The first-order valence-electron chi connectivity index (χ1n) is 10.3. The number of hydrogen-bond acceptors (Lipinski definition) is 3. The molecular weight excluding hydrogens is 486 g/mol. The molecule has 0 radical (unpaired) electrons. The van der Waals surface area contributed by atoms with E-state index in [1.165, 1.54) is 35.6 Å². The largest absolute Gasteiger partial charge is 0.416 e. The number of benzene rings is 3. The van der Waals surface area contributed by atoms with E-state index in [0.717, 1.165) is 24.3 Å². The van der Waals surface area contributed by atoms with E-state index in [2.05, 4.69) is 0 Å². The number of hydrogen-bond donors (Lipinski definition) is 0. The quantitative estimate of drug-likeness (QED) is 0.257. The summed E-state index contributed by atoms with van der Waals surface area (Å²) in [6.45, 7) is 0. The first kappa shape index (κ1) is 23.0. The number of aromatic nitrogens is 2. The van der Waals surface area contributed by atoms with Gasteiger partial charge in [-0.3, -0.25) is 0 Å². The second-order valence-electron chi connectivity index (χ2n) is 7.77. The fraction of sp³-hybridized carbons (Fsp3) is 0.0769. The molecule has 2 aromatic heterocycles. The number of para-hydroxylation sites is 2. The Kier molecular flexibility index (Phi) is 5.59. The molecule has 0 saturated carbocycles. The van der Waals surface area contributed by atoms with Crippen LogP contribution >= 0.6 is 11.3 Å². The first-order chi connectivity index (χ1) is 16.6. The monoisotopic (exact) mass is 500 g/mol. The average Bonchev–Trinajstić information content (AvgIpc) is 3.13. The number of alkyl halides is 6. The van der Waals surface area contributed by atoms with E-state index in [4.69, 9.17) is 9.97 Å². The molecule has 0 unspecified atom stereocenters. The van der Waals surface area contributed by atoms with Gasteiger partial charge in [0.25, 0.3) is 0 Å². The SMILES string of the molecule is FC(F)(F)c1ccc(/C=c2\s/c(=C\c3ccc(C(F)(F)F)cc3)c3nc4ccccc4nc23)cc1. The molecule has 0 fully saturated rings. The summed E-state index contributed by atoms with van der Waals surface area (Å²) >= 11 is 1.31. The highest BCUT2D eigenvalue weighted by atomic mass is 32.1. The molecular formula is C26H14F6N2S. The maximum Gasteiger partial charge on any atom is 0.416 e. The predicted octanol–water partition coefficient (Wildman–Crippen LogP) is 6.54.